The van der Waals surface area contributed by atoms with E-state index in [1.807, 2.05) is 0 Å². The molecule has 0 aromatic rings. The van der Waals surface area contributed by atoms with Crippen molar-refractivity contribution in [1.82, 2.24) is 5.32 Å². The van der Waals surface area contributed by atoms with Gasteiger partial charge in [0.25, 0.3) is 0 Å². The molecule has 4 heteroatoms. The third kappa shape index (κ3) is 0.949. The van der Waals surface area contributed by atoms with E-state index >= 15 is 0 Å². The molecular formula is C8H13NO3. The van der Waals surface area contributed by atoms with Crippen LogP contribution in [-0.2, 0) is 9.53 Å². The van der Waals surface area contributed by atoms with Gasteiger partial charge < -0.3 is 15.2 Å². The lowest BCUT2D eigenvalue weighted by molar-refractivity contribution is -0.146. The summed E-state index contributed by atoms with van der Waals surface area (Å²) in [5.41, 5.74) is -0.614. The predicted octanol–water partition coefficient (Wildman–Crippen LogP) is -0.160. The van der Waals surface area contributed by atoms with Gasteiger partial charge in [-0.2, -0.15) is 0 Å². The molecule has 2 saturated heterocycles. The average Bonchev–Trinajstić information content (AvgIpc) is 2.28. The molecule has 2 rings (SSSR count). The Hall–Kier alpha value is -0.610. The number of hydrogen-bond donors (Lipinski definition) is 2. The van der Waals surface area contributed by atoms with E-state index in [0.717, 1.165) is 6.54 Å². The smallest absolute Gasteiger partial charge is 0.323 e. The van der Waals surface area contributed by atoms with E-state index in [2.05, 4.69) is 5.32 Å². The molecule has 0 amide bonds. The van der Waals surface area contributed by atoms with Gasteiger partial charge in [-0.15, -0.1) is 0 Å². The SMILES string of the molecule is CC1(C(=O)O)CC2(CN1)COC2. The Bertz CT molecular complexity index is 224. The first-order valence-corrected chi connectivity index (χ1v) is 4.13. The molecule has 4 nitrogen and oxygen atoms in total. The van der Waals surface area contributed by atoms with Gasteiger partial charge >= 0.3 is 5.97 Å². The largest absolute Gasteiger partial charge is 0.480 e. The van der Waals surface area contributed by atoms with Gasteiger partial charge in [-0.1, -0.05) is 0 Å². The summed E-state index contributed by atoms with van der Waals surface area (Å²) in [6.07, 6.45) is 0.690. The highest BCUT2D eigenvalue weighted by molar-refractivity contribution is 5.78. The van der Waals surface area contributed by atoms with Gasteiger partial charge in [0.05, 0.1) is 13.2 Å². The summed E-state index contributed by atoms with van der Waals surface area (Å²) >= 11 is 0. The van der Waals surface area contributed by atoms with E-state index in [-0.39, 0.29) is 5.41 Å². The molecule has 2 aliphatic rings. The van der Waals surface area contributed by atoms with Gasteiger partial charge in [0, 0.05) is 12.0 Å². The van der Waals surface area contributed by atoms with E-state index in [9.17, 15) is 4.79 Å². The topological polar surface area (TPSA) is 58.6 Å². The van der Waals surface area contributed by atoms with Crippen molar-refractivity contribution in [2.75, 3.05) is 19.8 Å². The zero-order valence-corrected chi connectivity index (χ0v) is 7.09. The van der Waals surface area contributed by atoms with E-state index in [1.54, 1.807) is 6.92 Å². The molecule has 1 atom stereocenters. The van der Waals surface area contributed by atoms with Crippen molar-refractivity contribution < 1.29 is 14.6 Å². The maximum absolute atomic E-state index is 10.8. The summed E-state index contributed by atoms with van der Waals surface area (Å²) in [6, 6.07) is 0. The second-order valence-electron chi connectivity index (χ2n) is 4.16. The number of carboxylic acids is 1. The Morgan fingerprint density at radius 1 is 1.58 bits per heavy atom. The van der Waals surface area contributed by atoms with Gasteiger partial charge in [0.1, 0.15) is 5.54 Å². The van der Waals surface area contributed by atoms with Gasteiger partial charge in [0.2, 0.25) is 0 Å². The van der Waals surface area contributed by atoms with Crippen LogP contribution >= 0.6 is 0 Å². The van der Waals surface area contributed by atoms with Crippen LogP contribution in [0.3, 0.4) is 0 Å². The Labute approximate surface area is 70.9 Å². The second-order valence-corrected chi connectivity index (χ2v) is 4.16. The van der Waals surface area contributed by atoms with Gasteiger partial charge in [0.15, 0.2) is 0 Å². The molecule has 2 aliphatic heterocycles. The number of ether oxygens (including phenoxy) is 1. The molecule has 1 unspecified atom stereocenters. The summed E-state index contributed by atoms with van der Waals surface area (Å²) in [4.78, 5) is 10.8. The lowest BCUT2D eigenvalue weighted by atomic mass is 9.80. The number of hydrogen-bond acceptors (Lipinski definition) is 3. The molecule has 0 saturated carbocycles. The van der Waals surface area contributed by atoms with Crippen molar-refractivity contribution in [3.8, 4) is 0 Å². The molecular weight excluding hydrogens is 158 g/mol. The van der Waals surface area contributed by atoms with Crippen LogP contribution in [-0.4, -0.2) is 36.4 Å². The lowest BCUT2D eigenvalue weighted by Gasteiger charge is -2.37. The molecule has 68 valence electrons. The van der Waals surface area contributed by atoms with Gasteiger partial charge in [-0.3, -0.25) is 4.79 Å². The normalized spacial score (nSPS) is 38.1. The van der Waals surface area contributed by atoms with Gasteiger partial charge in [-0.05, 0) is 13.3 Å². The Balaban J connectivity index is 2.10. The summed E-state index contributed by atoms with van der Waals surface area (Å²) in [5, 5.41) is 12.0. The van der Waals surface area contributed by atoms with Crippen molar-refractivity contribution in [1.29, 1.82) is 0 Å². The first-order valence-electron chi connectivity index (χ1n) is 4.13. The average molecular weight is 171 g/mol. The summed E-state index contributed by atoms with van der Waals surface area (Å²) < 4.78 is 5.10. The minimum Gasteiger partial charge on any atom is -0.480 e. The van der Waals surface area contributed by atoms with Crippen molar-refractivity contribution in [2.45, 2.75) is 18.9 Å². The Kier molecular flexibility index (Phi) is 1.47. The van der Waals surface area contributed by atoms with Crippen LogP contribution in [0.4, 0.5) is 0 Å². The monoisotopic (exact) mass is 171 g/mol. The lowest BCUT2D eigenvalue weighted by Crippen LogP contribution is -2.45. The highest BCUT2D eigenvalue weighted by Crippen LogP contribution is 2.40. The summed E-state index contributed by atoms with van der Waals surface area (Å²) in [7, 11) is 0. The number of nitrogens with one attached hydrogen (secondary N) is 1. The zero-order valence-electron chi connectivity index (χ0n) is 7.09. The van der Waals surface area contributed by atoms with Crippen molar-refractivity contribution >= 4 is 5.97 Å². The minimum absolute atomic E-state index is 0.118. The molecule has 2 heterocycles. The Morgan fingerprint density at radius 3 is 2.50 bits per heavy atom. The van der Waals surface area contributed by atoms with Crippen molar-refractivity contribution in [3.63, 3.8) is 0 Å². The fourth-order valence-corrected chi connectivity index (χ4v) is 2.00. The van der Waals surface area contributed by atoms with Crippen LogP contribution in [0.2, 0.25) is 0 Å². The minimum atomic E-state index is -0.758. The molecule has 1 spiro atoms. The molecule has 0 bridgehead atoms. The summed E-state index contributed by atoms with van der Waals surface area (Å²) in [5.74, 6) is -0.758. The molecule has 12 heavy (non-hydrogen) atoms. The fraction of sp³-hybridized carbons (Fsp3) is 0.875. The molecule has 0 radical (unpaired) electrons. The number of aliphatic carboxylic acids is 1. The van der Waals surface area contributed by atoms with Crippen LogP contribution < -0.4 is 5.32 Å². The highest BCUT2D eigenvalue weighted by Gasteiger charge is 2.53. The molecule has 2 fully saturated rings. The number of carbonyl (C=O) groups is 1. The second kappa shape index (κ2) is 2.20. The molecule has 0 aliphatic carbocycles. The first-order chi connectivity index (χ1) is 5.56. The summed E-state index contributed by atoms with van der Waals surface area (Å²) in [6.45, 7) is 3.93. The van der Waals surface area contributed by atoms with E-state index < -0.39 is 11.5 Å². The number of carboxylic acid groups (broad SMARTS) is 1. The van der Waals surface area contributed by atoms with Crippen molar-refractivity contribution in [2.24, 2.45) is 5.41 Å². The van der Waals surface area contributed by atoms with Crippen LogP contribution in [0.25, 0.3) is 0 Å². The molecule has 0 aromatic heterocycles. The van der Waals surface area contributed by atoms with E-state index in [0.29, 0.717) is 19.6 Å². The number of rotatable bonds is 1. The maximum atomic E-state index is 10.8. The van der Waals surface area contributed by atoms with Crippen LogP contribution in [0.15, 0.2) is 0 Å². The quantitative estimate of drug-likeness (QED) is 0.575. The first kappa shape index (κ1) is 8.01. The molecule has 0 aromatic carbocycles. The van der Waals surface area contributed by atoms with Crippen LogP contribution in [0.1, 0.15) is 13.3 Å². The fourth-order valence-electron chi connectivity index (χ4n) is 2.00. The third-order valence-electron chi connectivity index (χ3n) is 2.87. The Morgan fingerprint density at radius 2 is 2.25 bits per heavy atom. The van der Waals surface area contributed by atoms with Gasteiger partial charge in [-0.25, -0.2) is 0 Å². The van der Waals surface area contributed by atoms with Crippen molar-refractivity contribution in [3.05, 3.63) is 0 Å². The standard InChI is InChI=1S/C8H13NO3/c1-7(6(10)11)2-8(3-9-7)4-12-5-8/h9H,2-5H2,1H3,(H,10,11). The van der Waals surface area contributed by atoms with Crippen LogP contribution in [0.5, 0.6) is 0 Å². The maximum Gasteiger partial charge on any atom is 0.323 e. The van der Waals surface area contributed by atoms with E-state index in [1.165, 1.54) is 0 Å². The predicted molar refractivity (Wildman–Crippen MR) is 41.9 cm³/mol. The van der Waals surface area contributed by atoms with Crippen LogP contribution in [0, 0.1) is 5.41 Å². The third-order valence-corrected chi connectivity index (χ3v) is 2.87. The molecule has 2 N–H and O–H groups in total. The highest BCUT2D eigenvalue weighted by atomic mass is 16.5. The zero-order chi connectivity index (χ0) is 8.82. The van der Waals surface area contributed by atoms with E-state index in [4.69, 9.17) is 9.84 Å².